The highest BCUT2D eigenvalue weighted by Crippen LogP contribution is 2.35. The average molecular weight is 311 g/mol. The summed E-state index contributed by atoms with van der Waals surface area (Å²) in [5.41, 5.74) is 0.244. The molecule has 0 saturated heterocycles. The predicted octanol–water partition coefficient (Wildman–Crippen LogP) is 2.63. The van der Waals surface area contributed by atoms with Crippen LogP contribution in [0.4, 0.5) is 0 Å². The molecule has 1 aliphatic rings. The smallest absolute Gasteiger partial charge is 0.335 e. The molecule has 1 saturated carbocycles. The van der Waals surface area contributed by atoms with Crippen molar-refractivity contribution in [2.45, 2.75) is 50.5 Å². The normalized spacial score (nSPS) is 19.3. The van der Waals surface area contributed by atoms with Crippen LogP contribution in [0.5, 0.6) is 0 Å². The van der Waals surface area contributed by atoms with Gasteiger partial charge in [0, 0.05) is 6.04 Å². The molecule has 1 aromatic rings. The Morgan fingerprint density at radius 3 is 2.48 bits per heavy atom. The first-order valence-corrected chi connectivity index (χ1v) is 8.54. The second-order valence-electron chi connectivity index (χ2n) is 6.39. The number of hydrogen-bond acceptors (Lipinski definition) is 3. The summed E-state index contributed by atoms with van der Waals surface area (Å²) in [7, 11) is -3.67. The van der Waals surface area contributed by atoms with Gasteiger partial charge in [-0.05, 0) is 49.3 Å². The standard InChI is InChI=1S/C15H21NO4S/c1-15(2)8-6-12(7-9-15)16-21(19,20)13-5-3-4-11(10-13)14(17)18/h3-5,10,12,16H,6-9H2,1-2H3,(H,17,18). The molecule has 6 heteroatoms. The van der Waals surface area contributed by atoms with E-state index in [2.05, 4.69) is 18.6 Å². The van der Waals surface area contributed by atoms with Crippen molar-refractivity contribution in [3.05, 3.63) is 29.8 Å². The fraction of sp³-hybridized carbons (Fsp3) is 0.533. The molecule has 116 valence electrons. The Morgan fingerprint density at radius 2 is 1.90 bits per heavy atom. The zero-order valence-corrected chi connectivity index (χ0v) is 13.1. The molecule has 0 spiro atoms. The maximum atomic E-state index is 12.3. The molecule has 0 amide bonds. The molecule has 2 N–H and O–H groups in total. The van der Waals surface area contributed by atoms with E-state index in [9.17, 15) is 13.2 Å². The summed E-state index contributed by atoms with van der Waals surface area (Å²) in [6.07, 6.45) is 3.58. The minimum absolute atomic E-state index is 0.00670. The molecule has 5 nitrogen and oxygen atoms in total. The van der Waals surface area contributed by atoms with Crippen molar-refractivity contribution in [2.24, 2.45) is 5.41 Å². The number of carboxylic acid groups (broad SMARTS) is 1. The summed E-state index contributed by atoms with van der Waals surface area (Å²) in [6, 6.07) is 5.36. The molecule has 0 bridgehead atoms. The Morgan fingerprint density at radius 1 is 1.29 bits per heavy atom. The first-order chi connectivity index (χ1) is 9.70. The lowest BCUT2D eigenvalue weighted by atomic mass is 9.76. The second kappa shape index (κ2) is 5.77. The number of carbonyl (C=O) groups is 1. The summed E-state index contributed by atoms with van der Waals surface area (Å²) in [6.45, 7) is 4.38. The van der Waals surface area contributed by atoms with Crippen LogP contribution in [0.3, 0.4) is 0 Å². The third-order valence-corrected chi connectivity index (χ3v) is 5.57. The molecule has 1 aromatic carbocycles. The fourth-order valence-corrected chi connectivity index (χ4v) is 3.95. The van der Waals surface area contributed by atoms with E-state index in [1.54, 1.807) is 0 Å². The Kier molecular flexibility index (Phi) is 4.39. The van der Waals surface area contributed by atoms with Gasteiger partial charge < -0.3 is 5.11 Å². The summed E-state index contributed by atoms with van der Waals surface area (Å²) >= 11 is 0. The van der Waals surface area contributed by atoms with Gasteiger partial charge in [0.25, 0.3) is 0 Å². The number of aromatic carboxylic acids is 1. The summed E-state index contributed by atoms with van der Waals surface area (Å²) < 4.78 is 27.4. The molecule has 1 fully saturated rings. The van der Waals surface area contributed by atoms with Crippen LogP contribution in [0, 0.1) is 5.41 Å². The van der Waals surface area contributed by atoms with E-state index >= 15 is 0 Å². The van der Waals surface area contributed by atoms with Crippen LogP contribution in [0.15, 0.2) is 29.2 Å². The summed E-state index contributed by atoms with van der Waals surface area (Å²) in [4.78, 5) is 10.9. The van der Waals surface area contributed by atoms with E-state index < -0.39 is 16.0 Å². The fourth-order valence-electron chi connectivity index (χ4n) is 2.60. The zero-order valence-electron chi connectivity index (χ0n) is 12.3. The zero-order chi connectivity index (χ0) is 15.7. The molecular formula is C15H21NO4S. The second-order valence-corrected chi connectivity index (χ2v) is 8.11. The van der Waals surface area contributed by atoms with Gasteiger partial charge in [0.15, 0.2) is 0 Å². The van der Waals surface area contributed by atoms with Gasteiger partial charge in [-0.15, -0.1) is 0 Å². The topological polar surface area (TPSA) is 83.5 Å². The van der Waals surface area contributed by atoms with Gasteiger partial charge in [0.2, 0.25) is 10.0 Å². The van der Waals surface area contributed by atoms with Gasteiger partial charge >= 0.3 is 5.97 Å². The van der Waals surface area contributed by atoms with Crippen molar-refractivity contribution in [2.75, 3.05) is 0 Å². The number of benzene rings is 1. The lowest BCUT2D eigenvalue weighted by Crippen LogP contribution is -2.39. The van der Waals surface area contributed by atoms with Gasteiger partial charge in [0.05, 0.1) is 10.5 Å². The maximum absolute atomic E-state index is 12.3. The summed E-state index contributed by atoms with van der Waals surface area (Å²) in [5.74, 6) is -1.13. The first-order valence-electron chi connectivity index (χ1n) is 7.05. The van der Waals surface area contributed by atoms with E-state index in [-0.39, 0.29) is 21.9 Å². The molecule has 0 aromatic heterocycles. The Labute approximate surface area is 125 Å². The third-order valence-electron chi connectivity index (χ3n) is 4.05. The number of hydrogen-bond donors (Lipinski definition) is 2. The molecule has 1 aliphatic carbocycles. The minimum Gasteiger partial charge on any atom is -0.478 e. The number of rotatable bonds is 4. The van der Waals surface area contributed by atoms with E-state index in [1.165, 1.54) is 24.3 Å². The van der Waals surface area contributed by atoms with Crippen molar-refractivity contribution < 1.29 is 18.3 Å². The molecule has 0 atom stereocenters. The lowest BCUT2D eigenvalue weighted by molar-refractivity contribution is 0.0696. The first kappa shape index (κ1) is 16.0. The Balaban J connectivity index is 2.12. The van der Waals surface area contributed by atoms with Crippen LogP contribution in [-0.4, -0.2) is 25.5 Å². The molecule has 0 unspecified atom stereocenters. The van der Waals surface area contributed by atoms with Crippen LogP contribution in [0.1, 0.15) is 49.9 Å². The molecular weight excluding hydrogens is 290 g/mol. The number of nitrogens with one attached hydrogen (secondary N) is 1. The van der Waals surface area contributed by atoms with Gasteiger partial charge in [-0.25, -0.2) is 17.9 Å². The van der Waals surface area contributed by atoms with Crippen molar-refractivity contribution in [3.8, 4) is 0 Å². The quantitative estimate of drug-likeness (QED) is 0.895. The van der Waals surface area contributed by atoms with E-state index in [0.29, 0.717) is 0 Å². The number of sulfonamides is 1. The van der Waals surface area contributed by atoms with Gasteiger partial charge in [-0.1, -0.05) is 19.9 Å². The van der Waals surface area contributed by atoms with Crippen LogP contribution >= 0.6 is 0 Å². The van der Waals surface area contributed by atoms with E-state index in [4.69, 9.17) is 5.11 Å². The van der Waals surface area contributed by atoms with Gasteiger partial charge in [-0.2, -0.15) is 0 Å². The van der Waals surface area contributed by atoms with Crippen molar-refractivity contribution >= 4 is 16.0 Å². The lowest BCUT2D eigenvalue weighted by Gasteiger charge is -2.34. The predicted molar refractivity (Wildman–Crippen MR) is 79.8 cm³/mol. The van der Waals surface area contributed by atoms with Crippen molar-refractivity contribution in [1.29, 1.82) is 0 Å². The van der Waals surface area contributed by atoms with Crippen molar-refractivity contribution in [3.63, 3.8) is 0 Å². The molecule has 0 radical (unpaired) electrons. The van der Waals surface area contributed by atoms with Gasteiger partial charge in [0.1, 0.15) is 0 Å². The van der Waals surface area contributed by atoms with Crippen LogP contribution in [-0.2, 0) is 10.0 Å². The Hall–Kier alpha value is -1.40. The molecule has 2 rings (SSSR count). The van der Waals surface area contributed by atoms with E-state index in [1.807, 2.05) is 0 Å². The highest BCUT2D eigenvalue weighted by molar-refractivity contribution is 7.89. The molecule has 0 heterocycles. The number of carboxylic acids is 1. The van der Waals surface area contributed by atoms with Crippen LogP contribution in [0.2, 0.25) is 0 Å². The monoisotopic (exact) mass is 311 g/mol. The van der Waals surface area contributed by atoms with Crippen LogP contribution in [0.25, 0.3) is 0 Å². The third kappa shape index (κ3) is 4.04. The minimum atomic E-state index is -3.67. The van der Waals surface area contributed by atoms with Crippen LogP contribution < -0.4 is 4.72 Å². The highest BCUT2D eigenvalue weighted by Gasteiger charge is 2.29. The molecule has 0 aliphatic heterocycles. The molecule has 21 heavy (non-hydrogen) atoms. The summed E-state index contributed by atoms with van der Waals surface area (Å²) in [5, 5.41) is 8.94. The van der Waals surface area contributed by atoms with Gasteiger partial charge in [-0.3, -0.25) is 0 Å². The maximum Gasteiger partial charge on any atom is 0.335 e. The SMILES string of the molecule is CC1(C)CCC(NS(=O)(=O)c2cccc(C(=O)O)c2)CC1. The average Bonchev–Trinajstić information content (AvgIpc) is 2.41. The highest BCUT2D eigenvalue weighted by atomic mass is 32.2. The Bertz CT molecular complexity index is 627. The van der Waals surface area contributed by atoms with E-state index in [0.717, 1.165) is 25.7 Å². The van der Waals surface area contributed by atoms with Crippen molar-refractivity contribution in [1.82, 2.24) is 4.72 Å². The largest absolute Gasteiger partial charge is 0.478 e.